The molecular formula is C15H23N9. The van der Waals surface area contributed by atoms with Crippen LogP contribution in [0.2, 0.25) is 0 Å². The number of hydrogen-bond acceptors (Lipinski definition) is 9. The normalized spacial score (nSPS) is 16.9. The molecule has 2 aromatic heterocycles. The van der Waals surface area contributed by atoms with Gasteiger partial charge in [-0.15, -0.1) is 0 Å². The van der Waals surface area contributed by atoms with E-state index in [4.69, 9.17) is 5.73 Å². The number of rotatable bonds is 4. The van der Waals surface area contributed by atoms with Crippen molar-refractivity contribution in [3.8, 4) is 0 Å². The number of aromatic nitrogens is 5. The van der Waals surface area contributed by atoms with Gasteiger partial charge in [0.25, 0.3) is 0 Å². The van der Waals surface area contributed by atoms with E-state index in [9.17, 15) is 0 Å². The van der Waals surface area contributed by atoms with Crippen molar-refractivity contribution in [3.05, 3.63) is 24.3 Å². The summed E-state index contributed by atoms with van der Waals surface area (Å²) >= 11 is 0. The highest BCUT2D eigenvalue weighted by atomic mass is 15.3. The largest absolute Gasteiger partial charge is 0.368 e. The molecule has 0 spiro atoms. The van der Waals surface area contributed by atoms with Gasteiger partial charge < -0.3 is 15.5 Å². The lowest BCUT2D eigenvalue weighted by molar-refractivity contribution is 0.191. The molecule has 3 rings (SSSR count). The molecule has 1 aliphatic heterocycles. The molecule has 2 N–H and O–H groups in total. The molecule has 0 unspecified atom stereocenters. The lowest BCUT2D eigenvalue weighted by atomic mass is 10.2. The molecule has 0 radical (unpaired) electrons. The Morgan fingerprint density at radius 3 is 2.33 bits per heavy atom. The third-order valence-electron chi connectivity index (χ3n) is 4.13. The summed E-state index contributed by atoms with van der Waals surface area (Å²) in [5.41, 5.74) is 5.83. The summed E-state index contributed by atoms with van der Waals surface area (Å²) in [7, 11) is 3.78. The summed E-state index contributed by atoms with van der Waals surface area (Å²) in [6.45, 7) is 5.62. The predicted molar refractivity (Wildman–Crippen MR) is 92.8 cm³/mol. The summed E-state index contributed by atoms with van der Waals surface area (Å²) in [5, 5.41) is 0. The topological polar surface area (TPSA) is 100 Å². The molecule has 0 saturated carbocycles. The van der Waals surface area contributed by atoms with Crippen LogP contribution in [0.25, 0.3) is 0 Å². The Morgan fingerprint density at radius 2 is 1.71 bits per heavy atom. The Labute approximate surface area is 141 Å². The molecule has 24 heavy (non-hydrogen) atoms. The van der Waals surface area contributed by atoms with Crippen LogP contribution in [0.1, 0.15) is 18.8 Å². The minimum absolute atomic E-state index is 0.0767. The van der Waals surface area contributed by atoms with E-state index in [1.807, 2.05) is 25.1 Å². The molecule has 0 aliphatic carbocycles. The van der Waals surface area contributed by atoms with Gasteiger partial charge >= 0.3 is 0 Å². The summed E-state index contributed by atoms with van der Waals surface area (Å²) in [4.78, 5) is 28.0. The van der Waals surface area contributed by atoms with Gasteiger partial charge in [0.1, 0.15) is 0 Å². The highest BCUT2D eigenvalue weighted by molar-refractivity contribution is 5.33. The van der Waals surface area contributed by atoms with E-state index in [1.165, 1.54) is 0 Å². The molecule has 128 valence electrons. The number of anilines is 3. The average Bonchev–Trinajstić information content (AvgIpc) is 2.61. The van der Waals surface area contributed by atoms with E-state index in [0.717, 1.165) is 32.1 Å². The van der Waals surface area contributed by atoms with Crippen LogP contribution in [0.4, 0.5) is 17.8 Å². The van der Waals surface area contributed by atoms with Gasteiger partial charge in [-0.2, -0.15) is 15.0 Å². The second-order valence-corrected chi connectivity index (χ2v) is 5.99. The molecule has 9 nitrogen and oxygen atoms in total. The predicted octanol–water partition coefficient (Wildman–Crippen LogP) is 0.193. The smallest absolute Gasteiger partial charge is 0.229 e. The second-order valence-electron chi connectivity index (χ2n) is 5.99. The third kappa shape index (κ3) is 3.51. The van der Waals surface area contributed by atoms with Gasteiger partial charge in [0.15, 0.2) is 5.82 Å². The van der Waals surface area contributed by atoms with Crippen LogP contribution in [-0.4, -0.2) is 70.1 Å². The van der Waals surface area contributed by atoms with Crippen molar-refractivity contribution in [2.45, 2.75) is 13.0 Å². The Kier molecular flexibility index (Phi) is 4.70. The van der Waals surface area contributed by atoms with Crippen molar-refractivity contribution in [2.75, 3.05) is 55.8 Å². The lowest BCUT2D eigenvalue weighted by Gasteiger charge is -2.37. The van der Waals surface area contributed by atoms with E-state index in [-0.39, 0.29) is 12.0 Å². The van der Waals surface area contributed by atoms with E-state index >= 15 is 0 Å². The number of nitrogen functional groups attached to an aromatic ring is 1. The van der Waals surface area contributed by atoms with Crippen LogP contribution in [0.15, 0.2) is 18.5 Å². The van der Waals surface area contributed by atoms with Crippen LogP contribution < -0.4 is 15.5 Å². The Balaban J connectivity index is 1.68. The highest BCUT2D eigenvalue weighted by Crippen LogP contribution is 2.21. The first-order valence-electron chi connectivity index (χ1n) is 7.99. The fraction of sp³-hybridized carbons (Fsp3) is 0.533. The quantitative estimate of drug-likeness (QED) is 0.842. The van der Waals surface area contributed by atoms with Gasteiger partial charge in [-0.05, 0) is 13.0 Å². The van der Waals surface area contributed by atoms with Crippen molar-refractivity contribution in [2.24, 2.45) is 0 Å². The summed E-state index contributed by atoms with van der Waals surface area (Å²) in [6, 6.07) is 1.91. The van der Waals surface area contributed by atoms with Crippen molar-refractivity contribution >= 4 is 17.8 Å². The van der Waals surface area contributed by atoms with Crippen LogP contribution in [-0.2, 0) is 0 Å². The molecule has 3 heterocycles. The average molecular weight is 329 g/mol. The summed E-state index contributed by atoms with van der Waals surface area (Å²) in [5.74, 6) is 2.33. The van der Waals surface area contributed by atoms with E-state index in [0.29, 0.717) is 11.8 Å². The van der Waals surface area contributed by atoms with Gasteiger partial charge in [-0.1, -0.05) is 0 Å². The summed E-state index contributed by atoms with van der Waals surface area (Å²) in [6.07, 6.45) is 3.54. The molecule has 0 aromatic carbocycles. The number of piperazine rings is 1. The molecule has 1 fully saturated rings. The van der Waals surface area contributed by atoms with Crippen LogP contribution in [0.5, 0.6) is 0 Å². The van der Waals surface area contributed by atoms with E-state index in [1.54, 1.807) is 12.4 Å². The first-order chi connectivity index (χ1) is 11.5. The Hall–Kier alpha value is -2.55. The van der Waals surface area contributed by atoms with Crippen molar-refractivity contribution in [1.29, 1.82) is 0 Å². The molecule has 9 heteroatoms. The van der Waals surface area contributed by atoms with Gasteiger partial charge in [-0.3, -0.25) is 4.90 Å². The monoisotopic (exact) mass is 329 g/mol. The van der Waals surface area contributed by atoms with Crippen molar-refractivity contribution < 1.29 is 0 Å². The second kappa shape index (κ2) is 6.91. The van der Waals surface area contributed by atoms with Crippen molar-refractivity contribution in [1.82, 2.24) is 29.8 Å². The zero-order valence-corrected chi connectivity index (χ0v) is 14.3. The zero-order chi connectivity index (χ0) is 17.1. The molecule has 1 atom stereocenters. The third-order valence-corrected chi connectivity index (χ3v) is 4.13. The SMILES string of the molecule is C[C@@H](c1nc(N)nc(N(C)C)n1)N1CCN(c2ncccn2)CC1. The lowest BCUT2D eigenvalue weighted by Crippen LogP contribution is -2.48. The van der Waals surface area contributed by atoms with Gasteiger partial charge in [0, 0.05) is 52.7 Å². The zero-order valence-electron chi connectivity index (χ0n) is 14.3. The van der Waals surface area contributed by atoms with Crippen LogP contribution in [0.3, 0.4) is 0 Å². The number of nitrogens with two attached hydrogens (primary N) is 1. The van der Waals surface area contributed by atoms with E-state index in [2.05, 4.69) is 41.6 Å². The van der Waals surface area contributed by atoms with Crippen molar-refractivity contribution in [3.63, 3.8) is 0 Å². The van der Waals surface area contributed by atoms with Gasteiger partial charge in [0.2, 0.25) is 17.8 Å². The Morgan fingerprint density at radius 1 is 1.04 bits per heavy atom. The van der Waals surface area contributed by atoms with Crippen LogP contribution in [0, 0.1) is 0 Å². The number of hydrogen-bond donors (Lipinski definition) is 1. The first-order valence-corrected chi connectivity index (χ1v) is 7.99. The minimum atomic E-state index is 0.0767. The van der Waals surface area contributed by atoms with E-state index < -0.39 is 0 Å². The molecular weight excluding hydrogens is 306 g/mol. The fourth-order valence-electron chi connectivity index (χ4n) is 2.71. The minimum Gasteiger partial charge on any atom is -0.368 e. The Bertz CT molecular complexity index is 668. The van der Waals surface area contributed by atoms with Gasteiger partial charge in [-0.25, -0.2) is 9.97 Å². The first kappa shape index (κ1) is 16.3. The maximum atomic E-state index is 5.83. The summed E-state index contributed by atoms with van der Waals surface area (Å²) < 4.78 is 0. The van der Waals surface area contributed by atoms with Crippen LogP contribution >= 0.6 is 0 Å². The maximum Gasteiger partial charge on any atom is 0.229 e. The fourth-order valence-corrected chi connectivity index (χ4v) is 2.71. The van der Waals surface area contributed by atoms with Gasteiger partial charge in [0.05, 0.1) is 6.04 Å². The molecule has 0 amide bonds. The molecule has 2 aromatic rings. The standard InChI is InChI=1S/C15H23N9/c1-11(12-19-13(16)21-15(20-12)22(2)3)23-7-9-24(10-8-23)14-17-5-4-6-18-14/h4-6,11H,7-10H2,1-3H3,(H2,16,19,20,21)/t11-/m0/s1. The molecule has 0 bridgehead atoms. The highest BCUT2D eigenvalue weighted by Gasteiger charge is 2.25. The number of nitrogens with zero attached hydrogens (tertiary/aromatic N) is 8. The maximum absolute atomic E-state index is 5.83. The molecule has 1 saturated heterocycles. The molecule has 1 aliphatic rings.